The summed E-state index contributed by atoms with van der Waals surface area (Å²) in [6.45, 7) is 3.74. The van der Waals surface area contributed by atoms with E-state index < -0.39 is 5.97 Å². The maximum Gasteiger partial charge on any atom is 0.336 e. The molecule has 3 aromatic rings. The van der Waals surface area contributed by atoms with Crippen molar-refractivity contribution in [2.45, 2.75) is 0 Å². The molecule has 0 spiro atoms. The quantitative estimate of drug-likeness (QED) is 0.339. The average molecular weight is 425 g/mol. The summed E-state index contributed by atoms with van der Waals surface area (Å²) in [5.41, 5.74) is 6.67. The van der Waals surface area contributed by atoms with Crippen LogP contribution < -0.4 is 5.48 Å². The van der Waals surface area contributed by atoms with E-state index in [1.807, 2.05) is 54.1 Å². The Hall–Kier alpha value is -2.87. The second-order valence-electron chi connectivity index (χ2n) is 5.93. The molecule has 2 N–H and O–H groups in total. The number of para-hydroxylation sites is 1. The fraction of sp³-hybridized carbons (Fsp3) is 0.0909. The van der Waals surface area contributed by atoms with Gasteiger partial charge in [-0.15, -0.1) is 23.1 Å². The molecule has 29 heavy (non-hydrogen) atoms. The summed E-state index contributed by atoms with van der Waals surface area (Å²) in [7, 11) is 1.52. The highest BCUT2D eigenvalue weighted by atomic mass is 32.2. The molecule has 0 amide bonds. The summed E-state index contributed by atoms with van der Waals surface area (Å²) >= 11 is 3.07. The monoisotopic (exact) mass is 424 g/mol. The van der Waals surface area contributed by atoms with Crippen LogP contribution in [0.1, 0.15) is 16.1 Å². The molecule has 2 aromatic carbocycles. The number of allylic oxidation sites excluding steroid dienone is 2. The van der Waals surface area contributed by atoms with E-state index in [0.29, 0.717) is 11.3 Å². The van der Waals surface area contributed by atoms with Crippen LogP contribution in [-0.2, 0) is 4.84 Å². The Balaban J connectivity index is 2.06. The van der Waals surface area contributed by atoms with Gasteiger partial charge in [0.1, 0.15) is 5.01 Å². The summed E-state index contributed by atoms with van der Waals surface area (Å²) in [5.74, 6) is -0.998. The summed E-state index contributed by atoms with van der Waals surface area (Å²) in [5, 5.41) is 12.6. The predicted molar refractivity (Wildman–Crippen MR) is 122 cm³/mol. The molecule has 0 radical (unpaired) electrons. The number of hydrogen-bond acceptors (Lipinski definition) is 6. The van der Waals surface area contributed by atoms with Crippen LogP contribution in [0.3, 0.4) is 0 Å². The van der Waals surface area contributed by atoms with E-state index in [9.17, 15) is 9.90 Å². The number of thioether (sulfide) groups is 1. The molecular weight excluding hydrogens is 404 g/mol. The zero-order valence-electron chi connectivity index (χ0n) is 16.0. The van der Waals surface area contributed by atoms with E-state index >= 15 is 0 Å². The first kappa shape index (κ1) is 20.9. The standard InChI is InChI=1S/C22H20N2O3S2/c1-4-7-20(28-3)19-13-29-21(23-19)14-10-11-15(17(12-14)22(25)26)16-8-5-6-9-18(16)24-27-2/h4-13,24H,1H2,2-3H3,(H,25,26)/b20-7-. The predicted octanol–water partition coefficient (Wildman–Crippen LogP) is 6.04. The Kier molecular flexibility index (Phi) is 6.87. The normalized spacial score (nSPS) is 11.3. The van der Waals surface area contributed by atoms with Gasteiger partial charge in [0.2, 0.25) is 0 Å². The lowest BCUT2D eigenvalue weighted by atomic mass is 9.96. The molecule has 0 bridgehead atoms. The minimum absolute atomic E-state index is 0.205. The van der Waals surface area contributed by atoms with Crippen LogP contribution in [0.5, 0.6) is 0 Å². The van der Waals surface area contributed by atoms with Crippen molar-refractivity contribution < 1.29 is 14.7 Å². The molecule has 0 aliphatic carbocycles. The number of aromatic nitrogens is 1. The van der Waals surface area contributed by atoms with Gasteiger partial charge in [-0.3, -0.25) is 10.3 Å². The van der Waals surface area contributed by atoms with Crippen LogP contribution in [0, 0.1) is 0 Å². The molecule has 3 rings (SSSR count). The summed E-state index contributed by atoms with van der Waals surface area (Å²) in [6.07, 6.45) is 5.62. The van der Waals surface area contributed by atoms with Crippen molar-refractivity contribution in [2.75, 3.05) is 18.8 Å². The number of nitrogens with one attached hydrogen (secondary N) is 1. The van der Waals surface area contributed by atoms with E-state index in [1.54, 1.807) is 23.9 Å². The molecule has 1 aromatic heterocycles. The summed E-state index contributed by atoms with van der Waals surface area (Å²) in [4.78, 5) is 22.7. The van der Waals surface area contributed by atoms with Crippen LogP contribution in [0.15, 0.2) is 66.6 Å². The number of benzene rings is 2. The molecule has 0 atom stereocenters. The molecule has 0 saturated carbocycles. The number of anilines is 1. The first-order valence-corrected chi connectivity index (χ1v) is 10.8. The van der Waals surface area contributed by atoms with E-state index in [4.69, 9.17) is 4.84 Å². The third-order valence-electron chi connectivity index (χ3n) is 4.17. The second kappa shape index (κ2) is 9.56. The Labute approximate surface area is 177 Å². The first-order valence-electron chi connectivity index (χ1n) is 8.67. The lowest BCUT2D eigenvalue weighted by Crippen LogP contribution is -2.03. The molecular formula is C22H20N2O3S2. The minimum Gasteiger partial charge on any atom is -0.478 e. The number of hydrogen-bond donors (Lipinski definition) is 2. The van der Waals surface area contributed by atoms with Gasteiger partial charge in [-0.1, -0.05) is 43.0 Å². The molecule has 0 fully saturated rings. The maximum absolute atomic E-state index is 12.0. The van der Waals surface area contributed by atoms with Crippen molar-refractivity contribution in [3.05, 3.63) is 77.8 Å². The van der Waals surface area contributed by atoms with E-state index in [1.165, 1.54) is 18.4 Å². The number of thiazole rings is 1. The molecule has 0 aliphatic heterocycles. The number of carbonyl (C=O) groups is 1. The van der Waals surface area contributed by atoms with Crippen molar-refractivity contribution in [2.24, 2.45) is 0 Å². The second-order valence-corrected chi connectivity index (χ2v) is 7.63. The Morgan fingerprint density at radius 1 is 1.28 bits per heavy atom. The highest BCUT2D eigenvalue weighted by Crippen LogP contribution is 2.35. The van der Waals surface area contributed by atoms with Crippen molar-refractivity contribution in [3.8, 4) is 21.7 Å². The number of rotatable bonds is 8. The number of nitrogens with zero attached hydrogens (tertiary/aromatic N) is 1. The summed E-state index contributed by atoms with van der Waals surface area (Å²) in [6, 6.07) is 12.8. The van der Waals surface area contributed by atoms with Crippen molar-refractivity contribution in [1.29, 1.82) is 0 Å². The number of aromatic carboxylic acids is 1. The molecule has 5 nitrogen and oxygen atoms in total. The van der Waals surface area contributed by atoms with E-state index in [-0.39, 0.29) is 5.56 Å². The minimum atomic E-state index is -0.998. The van der Waals surface area contributed by atoms with Gasteiger partial charge in [-0.05, 0) is 30.0 Å². The average Bonchev–Trinajstić information content (AvgIpc) is 3.22. The van der Waals surface area contributed by atoms with Gasteiger partial charge in [-0.2, -0.15) is 0 Å². The van der Waals surface area contributed by atoms with Gasteiger partial charge in [-0.25, -0.2) is 9.78 Å². The molecule has 7 heteroatoms. The molecule has 0 saturated heterocycles. The van der Waals surface area contributed by atoms with Gasteiger partial charge < -0.3 is 5.11 Å². The Morgan fingerprint density at radius 3 is 2.76 bits per heavy atom. The van der Waals surface area contributed by atoms with Crippen LogP contribution in [-0.4, -0.2) is 29.4 Å². The smallest absolute Gasteiger partial charge is 0.336 e. The lowest BCUT2D eigenvalue weighted by Gasteiger charge is -2.13. The van der Waals surface area contributed by atoms with Crippen molar-refractivity contribution in [1.82, 2.24) is 4.98 Å². The largest absolute Gasteiger partial charge is 0.478 e. The third kappa shape index (κ3) is 4.59. The number of carboxylic acids is 1. The highest BCUT2D eigenvalue weighted by molar-refractivity contribution is 8.07. The summed E-state index contributed by atoms with van der Waals surface area (Å²) < 4.78 is 0. The lowest BCUT2D eigenvalue weighted by molar-refractivity contribution is 0.0698. The SMILES string of the molecule is C=C/C=C(\SC)c1csc(-c2ccc(-c3ccccc3NOC)c(C(=O)O)c2)n1. The zero-order chi connectivity index (χ0) is 20.8. The molecule has 0 unspecified atom stereocenters. The van der Waals surface area contributed by atoms with Gasteiger partial charge in [0.05, 0.1) is 24.1 Å². The molecule has 148 valence electrons. The van der Waals surface area contributed by atoms with Crippen molar-refractivity contribution in [3.63, 3.8) is 0 Å². The Bertz CT molecular complexity index is 1070. The molecule has 1 heterocycles. The van der Waals surface area contributed by atoms with Gasteiger partial charge >= 0.3 is 5.97 Å². The van der Waals surface area contributed by atoms with Crippen LogP contribution in [0.4, 0.5) is 5.69 Å². The van der Waals surface area contributed by atoms with Crippen molar-refractivity contribution >= 4 is 39.7 Å². The Morgan fingerprint density at radius 2 is 2.07 bits per heavy atom. The van der Waals surface area contributed by atoms with Gasteiger partial charge in [0.15, 0.2) is 0 Å². The highest BCUT2D eigenvalue weighted by Gasteiger charge is 2.17. The molecule has 0 aliphatic rings. The number of carboxylic acid groups (broad SMARTS) is 1. The fourth-order valence-corrected chi connectivity index (χ4v) is 4.33. The van der Waals surface area contributed by atoms with Gasteiger partial charge in [0, 0.05) is 21.4 Å². The van der Waals surface area contributed by atoms with Crippen LogP contribution in [0.2, 0.25) is 0 Å². The zero-order valence-corrected chi connectivity index (χ0v) is 17.6. The van der Waals surface area contributed by atoms with E-state index in [0.717, 1.165) is 26.7 Å². The van der Waals surface area contributed by atoms with Crippen LogP contribution in [0.25, 0.3) is 26.6 Å². The fourth-order valence-electron chi connectivity index (χ4n) is 2.89. The van der Waals surface area contributed by atoms with Gasteiger partial charge in [0.25, 0.3) is 0 Å². The van der Waals surface area contributed by atoms with E-state index in [2.05, 4.69) is 17.0 Å². The topological polar surface area (TPSA) is 71.5 Å². The first-order chi connectivity index (χ1) is 14.1. The third-order valence-corrected chi connectivity index (χ3v) is 5.85. The van der Waals surface area contributed by atoms with Crippen LogP contribution >= 0.6 is 23.1 Å². The maximum atomic E-state index is 12.0.